The third kappa shape index (κ3) is 6.41. The Balaban J connectivity index is 0.00000264. The summed E-state index contributed by atoms with van der Waals surface area (Å²) in [6, 6.07) is 8.27. The molecular formula is C12H6I2Na2O6S2. The third-order valence-corrected chi connectivity index (χ3v) is 7.10. The molecule has 0 N–H and O–H groups in total. The van der Waals surface area contributed by atoms with Crippen LogP contribution >= 0.6 is 45.2 Å². The summed E-state index contributed by atoms with van der Waals surface area (Å²) in [5.41, 5.74) is 0.660. The van der Waals surface area contributed by atoms with E-state index in [0.29, 0.717) is 11.1 Å². The summed E-state index contributed by atoms with van der Waals surface area (Å²) in [6.07, 6.45) is 0. The molecule has 0 amide bonds. The van der Waals surface area contributed by atoms with E-state index >= 15 is 0 Å². The van der Waals surface area contributed by atoms with Gasteiger partial charge in [-0.3, -0.25) is 0 Å². The van der Waals surface area contributed by atoms with Crippen LogP contribution in [0.3, 0.4) is 0 Å². The molecule has 0 heterocycles. The van der Waals surface area contributed by atoms with Crippen LogP contribution in [-0.2, 0) is 20.2 Å². The van der Waals surface area contributed by atoms with Gasteiger partial charge >= 0.3 is 59.1 Å². The molecule has 0 saturated heterocycles. The van der Waals surface area contributed by atoms with Crippen molar-refractivity contribution in [1.82, 2.24) is 0 Å². The fourth-order valence-corrected chi connectivity index (χ4v) is 5.19. The first-order chi connectivity index (χ1) is 10.00. The minimum Gasteiger partial charge on any atom is -0.744 e. The average molecular weight is 610 g/mol. The van der Waals surface area contributed by atoms with Gasteiger partial charge in [0.15, 0.2) is 0 Å². The zero-order chi connectivity index (χ0) is 16.7. The Bertz CT molecular complexity index is 882. The van der Waals surface area contributed by atoms with Crippen LogP contribution in [0, 0.1) is 7.14 Å². The molecule has 12 heteroatoms. The zero-order valence-corrected chi connectivity index (χ0v) is 22.4. The van der Waals surface area contributed by atoms with Crippen LogP contribution in [0.1, 0.15) is 0 Å². The van der Waals surface area contributed by atoms with Crippen molar-refractivity contribution < 1.29 is 85.1 Å². The van der Waals surface area contributed by atoms with Crippen molar-refractivity contribution in [2.45, 2.75) is 9.79 Å². The second kappa shape index (κ2) is 9.78. The minimum atomic E-state index is -4.65. The van der Waals surface area contributed by atoms with Gasteiger partial charge in [0.2, 0.25) is 0 Å². The van der Waals surface area contributed by atoms with E-state index < -0.39 is 30.0 Å². The number of hydrogen-bond donors (Lipinski definition) is 0. The quantitative estimate of drug-likeness (QED) is 0.202. The Labute approximate surface area is 211 Å². The average Bonchev–Trinajstić information content (AvgIpc) is 2.37. The summed E-state index contributed by atoms with van der Waals surface area (Å²) in [5.74, 6) is 0. The van der Waals surface area contributed by atoms with Crippen LogP contribution in [0.5, 0.6) is 0 Å². The maximum Gasteiger partial charge on any atom is 1.00 e. The summed E-state index contributed by atoms with van der Waals surface area (Å²) < 4.78 is 67.8. The molecule has 24 heavy (non-hydrogen) atoms. The first-order valence-electron chi connectivity index (χ1n) is 5.51. The zero-order valence-electron chi connectivity index (χ0n) is 12.5. The number of halogens is 2. The molecule has 0 aliphatic carbocycles. The molecular weight excluding hydrogens is 604 g/mol. The van der Waals surface area contributed by atoms with E-state index in [2.05, 4.69) is 0 Å². The van der Waals surface area contributed by atoms with Crippen LogP contribution in [-0.4, -0.2) is 25.9 Å². The molecule has 0 unspecified atom stereocenters. The van der Waals surface area contributed by atoms with Gasteiger partial charge in [0.1, 0.15) is 20.2 Å². The SMILES string of the molecule is O=S(=O)([O-])c1cc(-c2ccc(I)c(S(=O)(=O)[O-])c2)ccc1I.[Na+].[Na+]. The van der Waals surface area contributed by atoms with Gasteiger partial charge in [0.25, 0.3) is 0 Å². The van der Waals surface area contributed by atoms with Crippen LogP contribution in [0.15, 0.2) is 46.2 Å². The molecule has 0 radical (unpaired) electrons. The molecule has 118 valence electrons. The van der Waals surface area contributed by atoms with Gasteiger partial charge < -0.3 is 9.11 Å². The Morgan fingerprint density at radius 1 is 0.667 bits per heavy atom. The number of benzene rings is 2. The van der Waals surface area contributed by atoms with Crippen molar-refractivity contribution in [3.05, 3.63) is 43.5 Å². The van der Waals surface area contributed by atoms with Gasteiger partial charge in [-0.2, -0.15) is 0 Å². The van der Waals surface area contributed by atoms with E-state index in [9.17, 15) is 25.9 Å². The third-order valence-electron chi connectivity index (χ3n) is 2.73. The number of rotatable bonds is 3. The molecule has 0 bridgehead atoms. The van der Waals surface area contributed by atoms with Gasteiger partial charge in [0, 0.05) is 7.14 Å². The Morgan fingerprint density at radius 2 is 0.958 bits per heavy atom. The van der Waals surface area contributed by atoms with Crippen molar-refractivity contribution in [3.63, 3.8) is 0 Å². The van der Waals surface area contributed by atoms with Crippen molar-refractivity contribution in [1.29, 1.82) is 0 Å². The smallest absolute Gasteiger partial charge is 0.744 e. The summed E-state index contributed by atoms with van der Waals surface area (Å²) >= 11 is 3.44. The molecule has 0 aliphatic rings. The van der Waals surface area contributed by atoms with Crippen LogP contribution in [0.4, 0.5) is 0 Å². The molecule has 2 rings (SSSR count). The maximum atomic E-state index is 11.2. The van der Waals surface area contributed by atoms with Crippen molar-refractivity contribution in [3.8, 4) is 11.1 Å². The minimum absolute atomic E-state index is 0. The fourth-order valence-electron chi connectivity index (χ4n) is 1.75. The summed E-state index contributed by atoms with van der Waals surface area (Å²) in [5, 5.41) is 0. The predicted molar refractivity (Wildman–Crippen MR) is 93.2 cm³/mol. The molecule has 2 aromatic rings. The van der Waals surface area contributed by atoms with Crippen LogP contribution < -0.4 is 59.1 Å². The molecule has 0 saturated carbocycles. The van der Waals surface area contributed by atoms with E-state index in [1.165, 1.54) is 12.1 Å². The van der Waals surface area contributed by atoms with Gasteiger partial charge in [-0.1, -0.05) is 12.1 Å². The topological polar surface area (TPSA) is 114 Å². The fraction of sp³-hybridized carbons (Fsp3) is 0. The number of hydrogen-bond acceptors (Lipinski definition) is 6. The first-order valence-corrected chi connectivity index (χ1v) is 10.5. The second-order valence-electron chi connectivity index (χ2n) is 4.20. The summed E-state index contributed by atoms with van der Waals surface area (Å²) in [4.78, 5) is -0.786. The molecule has 0 aliphatic heterocycles. The van der Waals surface area contributed by atoms with Gasteiger partial charge in [-0.15, -0.1) is 0 Å². The van der Waals surface area contributed by atoms with Crippen LogP contribution in [0.2, 0.25) is 0 Å². The largest absolute Gasteiger partial charge is 1.00 e. The molecule has 0 atom stereocenters. The first kappa shape index (κ1) is 25.7. The molecule has 0 aromatic heterocycles. The van der Waals surface area contributed by atoms with Gasteiger partial charge in [0.05, 0.1) is 9.79 Å². The van der Waals surface area contributed by atoms with Crippen LogP contribution in [0.25, 0.3) is 11.1 Å². The Kier molecular flexibility index (Phi) is 10.5. The van der Waals surface area contributed by atoms with Crippen molar-refractivity contribution in [2.24, 2.45) is 0 Å². The molecule has 0 spiro atoms. The van der Waals surface area contributed by atoms with Crippen molar-refractivity contribution in [2.75, 3.05) is 0 Å². The molecule has 0 fully saturated rings. The summed E-state index contributed by atoms with van der Waals surface area (Å²) in [7, 11) is -9.30. The standard InChI is InChI=1S/C12H8I2O6S2.2Na/c13-9-3-1-7(5-11(9)21(15,16)17)8-2-4-10(14)12(6-8)22(18,19)20;;/h1-6H,(H,15,16,17)(H,18,19,20);;/q;2*+1/p-2. The van der Waals surface area contributed by atoms with E-state index in [0.717, 1.165) is 12.1 Å². The molecule has 6 nitrogen and oxygen atoms in total. The van der Waals surface area contributed by atoms with E-state index in [-0.39, 0.29) is 66.3 Å². The van der Waals surface area contributed by atoms with Gasteiger partial charge in [-0.05, 0) is 80.6 Å². The maximum absolute atomic E-state index is 11.2. The normalized spacial score (nSPS) is 11.3. The van der Waals surface area contributed by atoms with E-state index in [1.807, 2.05) is 0 Å². The Hall–Kier alpha value is 1.72. The predicted octanol–water partition coefficient (Wildman–Crippen LogP) is -3.62. The second-order valence-corrected chi connectivity index (χ2v) is 9.22. The van der Waals surface area contributed by atoms with Crippen molar-refractivity contribution >= 4 is 65.4 Å². The molecule has 2 aromatic carbocycles. The van der Waals surface area contributed by atoms with E-state index in [4.69, 9.17) is 0 Å². The van der Waals surface area contributed by atoms with E-state index in [1.54, 1.807) is 57.3 Å². The Morgan fingerprint density at radius 3 is 1.21 bits per heavy atom. The monoisotopic (exact) mass is 610 g/mol. The van der Waals surface area contributed by atoms with Gasteiger partial charge in [-0.25, -0.2) is 16.8 Å². The summed E-state index contributed by atoms with van der Waals surface area (Å²) in [6.45, 7) is 0.